The van der Waals surface area contributed by atoms with E-state index in [1.807, 2.05) is 30.3 Å². The van der Waals surface area contributed by atoms with Gasteiger partial charge in [-0.1, -0.05) is 41.9 Å². The summed E-state index contributed by atoms with van der Waals surface area (Å²) in [5.41, 5.74) is 2.22. The molecule has 1 atom stereocenters. The molecule has 7 nitrogen and oxygen atoms in total. The summed E-state index contributed by atoms with van der Waals surface area (Å²) in [7, 11) is 0. The number of carboxylic acids is 1. The minimum Gasteiger partial charge on any atom is -0.481 e. The van der Waals surface area contributed by atoms with Crippen LogP contribution in [-0.2, 0) is 19.1 Å². The van der Waals surface area contributed by atoms with Crippen molar-refractivity contribution in [1.29, 1.82) is 0 Å². The third kappa shape index (κ3) is 4.51. The SMILES string of the molecule is O=C(O)CCC(=O)O[C@H]1N=C(c2ccccc2)c2cc(Cl)ccc2NC1=O. The van der Waals surface area contributed by atoms with E-state index < -0.39 is 30.5 Å². The van der Waals surface area contributed by atoms with Crippen LogP contribution >= 0.6 is 11.6 Å². The molecule has 3 rings (SSSR count). The molecule has 0 aromatic heterocycles. The number of carboxylic acid groups (broad SMARTS) is 1. The van der Waals surface area contributed by atoms with Crippen molar-refractivity contribution in [3.8, 4) is 0 Å². The van der Waals surface area contributed by atoms with E-state index in [-0.39, 0.29) is 6.42 Å². The summed E-state index contributed by atoms with van der Waals surface area (Å²) in [5, 5.41) is 11.8. The second-order valence-electron chi connectivity index (χ2n) is 5.76. The monoisotopic (exact) mass is 386 g/mol. The van der Waals surface area contributed by atoms with Gasteiger partial charge in [-0.3, -0.25) is 14.4 Å². The van der Waals surface area contributed by atoms with Crippen LogP contribution in [-0.4, -0.2) is 34.9 Å². The van der Waals surface area contributed by atoms with Crippen molar-refractivity contribution in [3.63, 3.8) is 0 Å². The van der Waals surface area contributed by atoms with Gasteiger partial charge in [-0.15, -0.1) is 0 Å². The van der Waals surface area contributed by atoms with Gasteiger partial charge in [0.15, 0.2) is 0 Å². The maximum Gasteiger partial charge on any atom is 0.308 e. The van der Waals surface area contributed by atoms with Crippen LogP contribution in [0, 0.1) is 0 Å². The first-order chi connectivity index (χ1) is 12.9. The molecule has 8 heteroatoms. The number of aliphatic imine (C=N–C) groups is 1. The number of hydrogen-bond acceptors (Lipinski definition) is 5. The Kier molecular flexibility index (Phi) is 5.52. The summed E-state index contributed by atoms with van der Waals surface area (Å²) in [6, 6.07) is 14.0. The Bertz CT molecular complexity index is 927. The van der Waals surface area contributed by atoms with Crippen LogP contribution in [0.2, 0.25) is 5.02 Å². The highest BCUT2D eigenvalue weighted by Gasteiger charge is 2.29. The molecular weight excluding hydrogens is 372 g/mol. The molecule has 27 heavy (non-hydrogen) atoms. The van der Waals surface area contributed by atoms with Gasteiger partial charge in [0.05, 0.1) is 24.2 Å². The zero-order valence-corrected chi connectivity index (χ0v) is 14.8. The summed E-state index contributed by atoms with van der Waals surface area (Å²) in [6.45, 7) is 0. The van der Waals surface area contributed by atoms with Gasteiger partial charge < -0.3 is 15.2 Å². The topological polar surface area (TPSA) is 105 Å². The molecule has 1 heterocycles. The van der Waals surface area contributed by atoms with Crippen molar-refractivity contribution in [1.82, 2.24) is 0 Å². The molecule has 0 unspecified atom stereocenters. The minimum atomic E-state index is -1.44. The molecule has 0 fully saturated rings. The number of aliphatic carboxylic acids is 1. The lowest BCUT2D eigenvalue weighted by atomic mass is 10.0. The van der Waals surface area contributed by atoms with E-state index in [0.29, 0.717) is 27.5 Å². The number of nitrogens with zero attached hydrogens (tertiary/aromatic N) is 1. The quantitative estimate of drug-likeness (QED) is 0.769. The molecule has 0 spiro atoms. The van der Waals surface area contributed by atoms with Crippen LogP contribution < -0.4 is 5.32 Å². The number of nitrogens with one attached hydrogen (secondary N) is 1. The highest BCUT2D eigenvalue weighted by atomic mass is 35.5. The lowest BCUT2D eigenvalue weighted by molar-refractivity contribution is -0.155. The van der Waals surface area contributed by atoms with Gasteiger partial charge in [0.25, 0.3) is 12.1 Å². The Morgan fingerprint density at radius 1 is 1.15 bits per heavy atom. The molecule has 0 saturated carbocycles. The zero-order chi connectivity index (χ0) is 19.4. The largest absolute Gasteiger partial charge is 0.481 e. The third-order valence-electron chi connectivity index (χ3n) is 3.80. The van der Waals surface area contributed by atoms with Gasteiger partial charge in [0, 0.05) is 16.1 Å². The van der Waals surface area contributed by atoms with Crippen LogP contribution in [0.25, 0.3) is 0 Å². The molecule has 1 aliphatic rings. The fraction of sp³-hybridized carbons (Fsp3) is 0.158. The fourth-order valence-corrected chi connectivity index (χ4v) is 2.73. The normalized spacial score (nSPS) is 15.8. The molecule has 0 bridgehead atoms. The first-order valence-corrected chi connectivity index (χ1v) is 8.47. The molecule has 0 radical (unpaired) electrons. The van der Waals surface area contributed by atoms with E-state index in [1.54, 1.807) is 18.2 Å². The Morgan fingerprint density at radius 2 is 1.89 bits per heavy atom. The van der Waals surface area contributed by atoms with Gasteiger partial charge >= 0.3 is 11.9 Å². The van der Waals surface area contributed by atoms with Crippen LogP contribution in [0.5, 0.6) is 0 Å². The van der Waals surface area contributed by atoms with Crippen molar-refractivity contribution in [2.75, 3.05) is 5.32 Å². The number of benzene rings is 2. The number of carbonyl (C=O) groups excluding carboxylic acids is 2. The van der Waals surface area contributed by atoms with Crippen molar-refractivity contribution >= 4 is 40.8 Å². The second-order valence-corrected chi connectivity index (χ2v) is 6.20. The number of benzodiazepines with no additional fused rings is 1. The molecule has 0 saturated heterocycles. The highest BCUT2D eigenvalue weighted by Crippen LogP contribution is 2.27. The lowest BCUT2D eigenvalue weighted by Gasteiger charge is -2.12. The summed E-state index contributed by atoms with van der Waals surface area (Å²) in [4.78, 5) is 39.3. The number of hydrogen-bond donors (Lipinski definition) is 2. The Labute approximate surface area is 159 Å². The average Bonchev–Trinajstić information content (AvgIpc) is 2.78. The first-order valence-electron chi connectivity index (χ1n) is 8.09. The van der Waals surface area contributed by atoms with Gasteiger partial charge in [0.2, 0.25) is 0 Å². The van der Waals surface area contributed by atoms with Gasteiger partial charge in [-0.05, 0) is 18.2 Å². The Morgan fingerprint density at radius 3 is 2.59 bits per heavy atom. The molecule has 2 aromatic carbocycles. The second kappa shape index (κ2) is 8.01. The van der Waals surface area contributed by atoms with Crippen LogP contribution in [0.3, 0.4) is 0 Å². The van der Waals surface area contributed by atoms with Gasteiger partial charge in [-0.2, -0.15) is 0 Å². The predicted molar refractivity (Wildman–Crippen MR) is 98.9 cm³/mol. The van der Waals surface area contributed by atoms with Crippen molar-refractivity contribution in [3.05, 3.63) is 64.7 Å². The van der Waals surface area contributed by atoms with Gasteiger partial charge in [0.1, 0.15) is 0 Å². The molecule has 1 aliphatic heterocycles. The lowest BCUT2D eigenvalue weighted by Crippen LogP contribution is -2.30. The number of esters is 1. The standard InChI is InChI=1S/C19H15ClN2O5/c20-12-6-7-14-13(10-12)17(11-4-2-1-3-5-11)22-19(18(26)21-14)27-16(25)9-8-15(23)24/h1-7,10,19H,8-9H2,(H,21,26)(H,23,24)/t19-/m1/s1. The number of carbonyl (C=O) groups is 3. The van der Waals surface area contributed by atoms with E-state index in [9.17, 15) is 14.4 Å². The molecular formula is C19H15ClN2O5. The summed E-state index contributed by atoms with van der Waals surface area (Å²) < 4.78 is 5.11. The smallest absolute Gasteiger partial charge is 0.308 e. The van der Waals surface area contributed by atoms with E-state index in [1.165, 1.54) is 0 Å². The molecule has 138 valence electrons. The van der Waals surface area contributed by atoms with Gasteiger partial charge in [-0.25, -0.2) is 4.99 Å². The van der Waals surface area contributed by atoms with E-state index >= 15 is 0 Å². The summed E-state index contributed by atoms with van der Waals surface area (Å²) >= 11 is 6.10. The summed E-state index contributed by atoms with van der Waals surface area (Å²) in [6.07, 6.45) is -2.18. The van der Waals surface area contributed by atoms with E-state index in [2.05, 4.69) is 10.3 Å². The predicted octanol–water partition coefficient (Wildman–Crippen LogP) is 2.86. The maximum atomic E-state index is 12.5. The molecule has 0 aliphatic carbocycles. The average molecular weight is 387 g/mol. The Balaban J connectivity index is 1.99. The third-order valence-corrected chi connectivity index (χ3v) is 4.03. The highest BCUT2D eigenvalue weighted by molar-refractivity contribution is 6.32. The zero-order valence-electron chi connectivity index (χ0n) is 14.0. The molecule has 2 aromatic rings. The van der Waals surface area contributed by atoms with Crippen molar-refractivity contribution in [2.45, 2.75) is 19.1 Å². The number of halogens is 1. The van der Waals surface area contributed by atoms with E-state index in [0.717, 1.165) is 0 Å². The van der Waals surface area contributed by atoms with Crippen molar-refractivity contribution < 1.29 is 24.2 Å². The number of amides is 1. The summed E-state index contributed by atoms with van der Waals surface area (Å²) in [5.74, 6) is -2.58. The van der Waals surface area contributed by atoms with E-state index in [4.69, 9.17) is 21.4 Å². The number of fused-ring (bicyclic) bond motifs is 1. The van der Waals surface area contributed by atoms with Crippen molar-refractivity contribution in [2.24, 2.45) is 4.99 Å². The number of rotatable bonds is 5. The number of anilines is 1. The first kappa shape index (κ1) is 18.6. The number of ether oxygens (including phenoxy) is 1. The van der Waals surface area contributed by atoms with Crippen LogP contribution in [0.15, 0.2) is 53.5 Å². The minimum absolute atomic E-state index is 0.353. The molecule has 2 N–H and O–H groups in total. The fourth-order valence-electron chi connectivity index (χ4n) is 2.56. The van der Waals surface area contributed by atoms with Crippen LogP contribution in [0.4, 0.5) is 5.69 Å². The Hall–Kier alpha value is -3.19. The molecule has 1 amide bonds. The van der Waals surface area contributed by atoms with Crippen LogP contribution in [0.1, 0.15) is 24.0 Å². The maximum absolute atomic E-state index is 12.5.